The van der Waals surface area contributed by atoms with E-state index in [4.69, 9.17) is 15.2 Å². The van der Waals surface area contributed by atoms with E-state index in [1.165, 1.54) is 0 Å². The first-order chi connectivity index (χ1) is 8.65. The Kier molecular flexibility index (Phi) is 3.76. The Morgan fingerprint density at radius 1 is 1.28 bits per heavy atom. The highest BCUT2D eigenvalue weighted by atomic mass is 79.9. The molecule has 0 spiro atoms. The van der Waals surface area contributed by atoms with Crippen molar-refractivity contribution in [3.63, 3.8) is 0 Å². The second-order valence-electron chi connectivity index (χ2n) is 3.71. The summed E-state index contributed by atoms with van der Waals surface area (Å²) in [7, 11) is 3.22. The minimum atomic E-state index is 0.483. The molecule has 0 radical (unpaired) electrons. The van der Waals surface area contributed by atoms with Gasteiger partial charge in [-0.15, -0.1) is 0 Å². The van der Waals surface area contributed by atoms with Crippen LogP contribution in [0.1, 0.15) is 5.56 Å². The van der Waals surface area contributed by atoms with E-state index in [0.29, 0.717) is 24.0 Å². The fourth-order valence-electron chi connectivity index (χ4n) is 1.68. The van der Waals surface area contributed by atoms with E-state index < -0.39 is 0 Å². The minimum absolute atomic E-state index is 0.483. The van der Waals surface area contributed by atoms with Crippen LogP contribution >= 0.6 is 15.9 Å². The highest BCUT2D eigenvalue weighted by Gasteiger charge is 2.10. The third-order valence-electron chi connectivity index (χ3n) is 2.64. The Balaban J connectivity index is 2.36. The summed E-state index contributed by atoms with van der Waals surface area (Å²) in [5.41, 5.74) is 6.78. The number of hydrogen-bond donors (Lipinski definition) is 1. The second kappa shape index (κ2) is 5.30. The Labute approximate surface area is 114 Å². The number of hydrogen-bond acceptors (Lipinski definition) is 4. The molecule has 2 N–H and O–H groups in total. The average molecular weight is 312 g/mol. The van der Waals surface area contributed by atoms with Crippen LogP contribution < -0.4 is 15.2 Å². The van der Waals surface area contributed by atoms with Crippen LogP contribution in [0.15, 0.2) is 29.0 Å². The molecular formula is C12H14BrN3O2. The number of anilines is 1. The summed E-state index contributed by atoms with van der Waals surface area (Å²) < 4.78 is 13.3. The number of nitrogens with two attached hydrogens (primary N) is 1. The first-order valence-electron chi connectivity index (χ1n) is 5.32. The molecule has 0 saturated carbocycles. The van der Waals surface area contributed by atoms with Crippen LogP contribution in [0.4, 0.5) is 5.95 Å². The van der Waals surface area contributed by atoms with E-state index >= 15 is 0 Å². The molecule has 2 aromatic rings. The first kappa shape index (κ1) is 12.8. The third-order valence-corrected chi connectivity index (χ3v) is 3.38. The number of aromatic nitrogens is 2. The van der Waals surface area contributed by atoms with Crippen molar-refractivity contribution in [1.82, 2.24) is 9.55 Å². The van der Waals surface area contributed by atoms with E-state index in [0.717, 1.165) is 10.0 Å². The van der Waals surface area contributed by atoms with E-state index in [1.54, 1.807) is 20.4 Å². The highest BCUT2D eigenvalue weighted by molar-refractivity contribution is 9.10. The molecule has 0 bridgehead atoms. The molecule has 0 saturated heterocycles. The molecule has 0 aliphatic rings. The van der Waals surface area contributed by atoms with Gasteiger partial charge in [0.15, 0.2) is 17.4 Å². The van der Waals surface area contributed by atoms with Crippen molar-refractivity contribution in [2.45, 2.75) is 6.54 Å². The second-order valence-corrected chi connectivity index (χ2v) is 4.57. The number of nitrogen functional groups attached to an aromatic ring is 1. The van der Waals surface area contributed by atoms with Gasteiger partial charge < -0.3 is 19.8 Å². The molecule has 0 fully saturated rings. The van der Waals surface area contributed by atoms with Gasteiger partial charge in [0, 0.05) is 16.9 Å². The number of imidazole rings is 1. The molecule has 96 valence electrons. The van der Waals surface area contributed by atoms with Gasteiger partial charge in [0.2, 0.25) is 0 Å². The zero-order valence-electron chi connectivity index (χ0n) is 10.2. The van der Waals surface area contributed by atoms with Gasteiger partial charge in [-0.25, -0.2) is 4.98 Å². The van der Waals surface area contributed by atoms with Gasteiger partial charge in [-0.3, -0.25) is 0 Å². The smallest absolute Gasteiger partial charge is 0.200 e. The largest absolute Gasteiger partial charge is 0.493 e. The van der Waals surface area contributed by atoms with Crippen LogP contribution in [0, 0.1) is 0 Å². The Hall–Kier alpha value is -1.69. The monoisotopic (exact) mass is 311 g/mol. The molecule has 18 heavy (non-hydrogen) atoms. The Morgan fingerprint density at radius 3 is 2.50 bits per heavy atom. The van der Waals surface area contributed by atoms with Crippen LogP contribution in [-0.2, 0) is 6.54 Å². The molecule has 0 aliphatic heterocycles. The minimum Gasteiger partial charge on any atom is -0.493 e. The van der Waals surface area contributed by atoms with E-state index in [9.17, 15) is 0 Å². The van der Waals surface area contributed by atoms with Crippen LogP contribution in [-0.4, -0.2) is 23.8 Å². The summed E-state index contributed by atoms with van der Waals surface area (Å²) in [6.07, 6.45) is 3.50. The fraction of sp³-hybridized carbons (Fsp3) is 0.250. The predicted octanol–water partition coefficient (Wildman–Crippen LogP) is 2.29. The molecule has 1 heterocycles. The van der Waals surface area contributed by atoms with E-state index in [-0.39, 0.29) is 0 Å². The van der Waals surface area contributed by atoms with E-state index in [2.05, 4.69) is 20.9 Å². The van der Waals surface area contributed by atoms with Crippen LogP contribution in [0.25, 0.3) is 0 Å². The lowest BCUT2D eigenvalue weighted by molar-refractivity contribution is 0.354. The zero-order valence-corrected chi connectivity index (χ0v) is 11.8. The van der Waals surface area contributed by atoms with Crippen molar-refractivity contribution in [3.8, 4) is 11.5 Å². The van der Waals surface area contributed by atoms with Crippen molar-refractivity contribution in [1.29, 1.82) is 0 Å². The summed E-state index contributed by atoms with van der Waals surface area (Å²) in [6, 6.07) is 3.80. The quantitative estimate of drug-likeness (QED) is 0.941. The van der Waals surface area contributed by atoms with Gasteiger partial charge in [-0.1, -0.05) is 15.9 Å². The molecule has 0 amide bonds. The molecule has 0 unspecified atom stereocenters. The molecular weight excluding hydrogens is 298 g/mol. The van der Waals surface area contributed by atoms with Gasteiger partial charge in [0.1, 0.15) is 0 Å². The third kappa shape index (κ3) is 2.43. The van der Waals surface area contributed by atoms with Crippen molar-refractivity contribution >= 4 is 21.9 Å². The maximum atomic E-state index is 5.75. The molecule has 5 nitrogen and oxygen atoms in total. The van der Waals surface area contributed by atoms with Gasteiger partial charge in [0.05, 0.1) is 20.8 Å². The standard InChI is InChI=1S/C12H14BrN3O2/c1-17-10-5-8(9(13)6-11(10)18-2)7-16-4-3-15-12(16)14/h3-6H,7H2,1-2H3,(H2,14,15). The van der Waals surface area contributed by atoms with Gasteiger partial charge in [-0.2, -0.15) is 0 Å². The van der Waals surface area contributed by atoms with Crippen LogP contribution in [0.3, 0.4) is 0 Å². The lowest BCUT2D eigenvalue weighted by atomic mass is 10.2. The molecule has 1 aromatic heterocycles. The summed E-state index contributed by atoms with van der Waals surface area (Å²) >= 11 is 3.51. The number of benzene rings is 1. The number of nitrogens with zero attached hydrogens (tertiary/aromatic N) is 2. The summed E-state index contributed by atoms with van der Waals surface area (Å²) in [4.78, 5) is 3.99. The van der Waals surface area contributed by atoms with Crippen LogP contribution in [0.5, 0.6) is 11.5 Å². The SMILES string of the molecule is COc1cc(Br)c(Cn2ccnc2N)cc1OC. The first-order valence-corrected chi connectivity index (χ1v) is 6.12. The topological polar surface area (TPSA) is 62.3 Å². The number of ether oxygens (including phenoxy) is 2. The van der Waals surface area contributed by atoms with Gasteiger partial charge >= 0.3 is 0 Å². The Morgan fingerprint density at radius 2 is 1.94 bits per heavy atom. The molecule has 1 aromatic carbocycles. The van der Waals surface area contributed by atoms with Crippen molar-refractivity contribution in [2.75, 3.05) is 20.0 Å². The summed E-state index contributed by atoms with van der Waals surface area (Å²) in [5, 5.41) is 0. The normalized spacial score (nSPS) is 10.4. The van der Waals surface area contributed by atoms with Gasteiger partial charge in [0.25, 0.3) is 0 Å². The maximum Gasteiger partial charge on any atom is 0.200 e. The zero-order chi connectivity index (χ0) is 13.1. The lowest BCUT2D eigenvalue weighted by Crippen LogP contribution is -2.04. The number of halogens is 1. The molecule has 0 atom stereocenters. The van der Waals surface area contributed by atoms with Crippen molar-refractivity contribution in [2.24, 2.45) is 0 Å². The molecule has 0 aliphatic carbocycles. The Bertz CT molecular complexity index is 554. The summed E-state index contributed by atoms with van der Waals surface area (Å²) in [5.74, 6) is 1.86. The average Bonchev–Trinajstić information content (AvgIpc) is 2.77. The number of methoxy groups -OCH3 is 2. The van der Waals surface area contributed by atoms with Crippen molar-refractivity contribution < 1.29 is 9.47 Å². The predicted molar refractivity (Wildman–Crippen MR) is 73.0 cm³/mol. The highest BCUT2D eigenvalue weighted by Crippen LogP contribution is 2.33. The molecule has 2 rings (SSSR count). The lowest BCUT2D eigenvalue weighted by Gasteiger charge is -2.12. The van der Waals surface area contributed by atoms with E-state index in [1.807, 2.05) is 22.9 Å². The molecule has 6 heteroatoms. The van der Waals surface area contributed by atoms with Crippen molar-refractivity contribution in [3.05, 3.63) is 34.6 Å². The fourth-order valence-corrected chi connectivity index (χ4v) is 2.12. The summed E-state index contributed by atoms with van der Waals surface area (Å²) in [6.45, 7) is 0.618. The van der Waals surface area contributed by atoms with Crippen LogP contribution in [0.2, 0.25) is 0 Å². The van der Waals surface area contributed by atoms with Gasteiger partial charge in [-0.05, 0) is 17.7 Å². The maximum absolute atomic E-state index is 5.75. The number of rotatable bonds is 4.